The van der Waals surface area contributed by atoms with Crippen molar-refractivity contribution >= 4 is 0 Å². The molecule has 1 fully saturated rings. The molecule has 2 heteroatoms. The molecule has 19 heavy (non-hydrogen) atoms. The van der Waals surface area contributed by atoms with Crippen molar-refractivity contribution in [1.82, 2.24) is 10.2 Å². The van der Waals surface area contributed by atoms with Gasteiger partial charge in [0.05, 0.1) is 0 Å². The van der Waals surface area contributed by atoms with Gasteiger partial charge in [-0.05, 0) is 37.4 Å². The molecular formula is C17H28N2. The van der Waals surface area contributed by atoms with Crippen LogP contribution in [0, 0.1) is 5.92 Å². The standard InChI is InChI=1S/C17H28N2/c1-3-16-14-19(13-11-17(16)18-4-2)12-10-15-8-6-5-7-9-15/h5-9,16-18H,3-4,10-14H2,1-2H3. The van der Waals surface area contributed by atoms with Gasteiger partial charge in [0.15, 0.2) is 0 Å². The Kier molecular flexibility index (Phi) is 5.87. The molecule has 0 saturated carbocycles. The number of benzene rings is 1. The third-order valence-corrected chi connectivity index (χ3v) is 4.37. The quantitative estimate of drug-likeness (QED) is 0.846. The van der Waals surface area contributed by atoms with E-state index in [4.69, 9.17) is 0 Å². The van der Waals surface area contributed by atoms with E-state index in [1.54, 1.807) is 0 Å². The van der Waals surface area contributed by atoms with Crippen molar-refractivity contribution in [1.29, 1.82) is 0 Å². The highest BCUT2D eigenvalue weighted by Crippen LogP contribution is 2.20. The smallest absolute Gasteiger partial charge is 0.0119 e. The summed E-state index contributed by atoms with van der Waals surface area (Å²) in [6, 6.07) is 11.6. The average molecular weight is 260 g/mol. The van der Waals surface area contributed by atoms with E-state index in [-0.39, 0.29) is 0 Å². The number of nitrogens with zero attached hydrogens (tertiary/aromatic N) is 1. The van der Waals surface area contributed by atoms with Crippen LogP contribution in [-0.4, -0.2) is 37.1 Å². The minimum absolute atomic E-state index is 0.739. The SMILES string of the molecule is CCNC1CCN(CCc2ccccc2)CC1CC. The second kappa shape index (κ2) is 7.66. The minimum Gasteiger partial charge on any atom is -0.314 e. The van der Waals surface area contributed by atoms with Gasteiger partial charge in [-0.1, -0.05) is 50.6 Å². The fraction of sp³-hybridized carbons (Fsp3) is 0.647. The lowest BCUT2D eigenvalue weighted by atomic mass is 9.89. The molecule has 1 aromatic carbocycles. The van der Waals surface area contributed by atoms with Crippen molar-refractivity contribution < 1.29 is 0 Å². The molecule has 1 N–H and O–H groups in total. The van der Waals surface area contributed by atoms with Crippen molar-refractivity contribution in [2.75, 3.05) is 26.2 Å². The molecule has 0 amide bonds. The van der Waals surface area contributed by atoms with Crippen LogP contribution in [0.3, 0.4) is 0 Å². The Morgan fingerprint density at radius 1 is 1.21 bits per heavy atom. The molecule has 1 saturated heterocycles. The summed E-state index contributed by atoms with van der Waals surface area (Å²) in [4.78, 5) is 2.65. The van der Waals surface area contributed by atoms with Crippen molar-refractivity contribution in [3.05, 3.63) is 35.9 Å². The van der Waals surface area contributed by atoms with Crippen molar-refractivity contribution in [2.24, 2.45) is 5.92 Å². The highest BCUT2D eigenvalue weighted by atomic mass is 15.1. The van der Waals surface area contributed by atoms with E-state index >= 15 is 0 Å². The second-order valence-electron chi connectivity index (χ2n) is 5.66. The lowest BCUT2D eigenvalue weighted by Crippen LogP contribution is -2.49. The van der Waals surface area contributed by atoms with Crippen LogP contribution in [-0.2, 0) is 6.42 Å². The fourth-order valence-corrected chi connectivity index (χ4v) is 3.19. The molecule has 0 bridgehead atoms. The van der Waals surface area contributed by atoms with E-state index in [0.29, 0.717) is 0 Å². The summed E-state index contributed by atoms with van der Waals surface area (Å²) >= 11 is 0. The van der Waals surface area contributed by atoms with Gasteiger partial charge in [-0.25, -0.2) is 0 Å². The van der Waals surface area contributed by atoms with Crippen LogP contribution in [0.2, 0.25) is 0 Å². The van der Waals surface area contributed by atoms with Gasteiger partial charge in [0.25, 0.3) is 0 Å². The molecule has 0 aliphatic carbocycles. The Balaban J connectivity index is 1.80. The number of piperidine rings is 1. The molecule has 2 atom stereocenters. The third-order valence-electron chi connectivity index (χ3n) is 4.37. The van der Waals surface area contributed by atoms with E-state index in [1.165, 1.54) is 44.5 Å². The van der Waals surface area contributed by atoms with Crippen LogP contribution in [0.4, 0.5) is 0 Å². The molecule has 1 heterocycles. The maximum Gasteiger partial charge on any atom is 0.0119 e. The zero-order chi connectivity index (χ0) is 13.5. The maximum atomic E-state index is 3.65. The normalized spacial score (nSPS) is 24.5. The van der Waals surface area contributed by atoms with Gasteiger partial charge in [-0.3, -0.25) is 0 Å². The first-order valence-corrected chi connectivity index (χ1v) is 7.83. The number of hydrogen-bond acceptors (Lipinski definition) is 2. The lowest BCUT2D eigenvalue weighted by molar-refractivity contribution is 0.137. The Morgan fingerprint density at radius 3 is 2.68 bits per heavy atom. The van der Waals surface area contributed by atoms with Gasteiger partial charge < -0.3 is 10.2 Å². The Morgan fingerprint density at radius 2 is 2.00 bits per heavy atom. The maximum absolute atomic E-state index is 3.65. The summed E-state index contributed by atoms with van der Waals surface area (Å²) in [5.41, 5.74) is 1.46. The zero-order valence-corrected chi connectivity index (χ0v) is 12.4. The summed E-state index contributed by atoms with van der Waals surface area (Å²) in [5.74, 6) is 0.824. The second-order valence-corrected chi connectivity index (χ2v) is 5.66. The van der Waals surface area contributed by atoms with Gasteiger partial charge >= 0.3 is 0 Å². The monoisotopic (exact) mass is 260 g/mol. The van der Waals surface area contributed by atoms with Gasteiger partial charge in [-0.15, -0.1) is 0 Å². The number of nitrogens with one attached hydrogen (secondary N) is 1. The van der Waals surface area contributed by atoms with Gasteiger partial charge in [0, 0.05) is 19.1 Å². The molecule has 1 aliphatic heterocycles. The van der Waals surface area contributed by atoms with Gasteiger partial charge in [-0.2, -0.15) is 0 Å². The minimum atomic E-state index is 0.739. The summed E-state index contributed by atoms with van der Waals surface area (Å²) in [7, 11) is 0. The molecule has 0 radical (unpaired) electrons. The lowest BCUT2D eigenvalue weighted by Gasteiger charge is -2.38. The molecule has 2 nitrogen and oxygen atoms in total. The van der Waals surface area contributed by atoms with Crippen LogP contribution >= 0.6 is 0 Å². The van der Waals surface area contributed by atoms with Crippen LogP contribution in [0.5, 0.6) is 0 Å². The summed E-state index contributed by atoms with van der Waals surface area (Å²) < 4.78 is 0. The number of rotatable bonds is 6. The molecule has 106 valence electrons. The van der Waals surface area contributed by atoms with Crippen LogP contribution in [0.15, 0.2) is 30.3 Å². The molecule has 2 rings (SSSR count). The molecule has 1 aliphatic rings. The summed E-state index contributed by atoms with van der Waals surface area (Å²) in [6.07, 6.45) is 3.78. The van der Waals surface area contributed by atoms with Crippen molar-refractivity contribution in [3.63, 3.8) is 0 Å². The van der Waals surface area contributed by atoms with E-state index in [0.717, 1.165) is 18.5 Å². The van der Waals surface area contributed by atoms with E-state index in [1.807, 2.05) is 0 Å². The van der Waals surface area contributed by atoms with Crippen LogP contribution in [0.1, 0.15) is 32.3 Å². The van der Waals surface area contributed by atoms with Crippen LogP contribution in [0.25, 0.3) is 0 Å². The third kappa shape index (κ3) is 4.32. The number of likely N-dealkylation sites (tertiary alicyclic amines) is 1. The van der Waals surface area contributed by atoms with Gasteiger partial charge in [0.2, 0.25) is 0 Å². The predicted molar refractivity (Wildman–Crippen MR) is 82.4 cm³/mol. The first-order valence-electron chi connectivity index (χ1n) is 7.83. The summed E-state index contributed by atoms with van der Waals surface area (Å²) in [5, 5.41) is 3.65. The molecule has 0 spiro atoms. The van der Waals surface area contributed by atoms with Crippen LogP contribution < -0.4 is 5.32 Å². The van der Waals surface area contributed by atoms with E-state index in [9.17, 15) is 0 Å². The first-order chi connectivity index (χ1) is 9.33. The van der Waals surface area contributed by atoms with E-state index < -0.39 is 0 Å². The first kappa shape index (κ1) is 14.5. The molecule has 1 aromatic rings. The molecular weight excluding hydrogens is 232 g/mol. The van der Waals surface area contributed by atoms with Crippen molar-refractivity contribution in [2.45, 2.75) is 39.2 Å². The Labute approximate surface area is 118 Å². The molecule has 0 aromatic heterocycles. The highest BCUT2D eigenvalue weighted by Gasteiger charge is 2.26. The summed E-state index contributed by atoms with van der Waals surface area (Å²) in [6.45, 7) is 9.37. The number of hydrogen-bond donors (Lipinski definition) is 1. The Hall–Kier alpha value is -0.860. The molecule has 2 unspecified atom stereocenters. The Bertz CT molecular complexity index is 350. The van der Waals surface area contributed by atoms with E-state index in [2.05, 4.69) is 54.4 Å². The van der Waals surface area contributed by atoms with Crippen molar-refractivity contribution in [3.8, 4) is 0 Å². The zero-order valence-electron chi connectivity index (χ0n) is 12.4. The largest absolute Gasteiger partial charge is 0.314 e. The average Bonchev–Trinajstić information content (AvgIpc) is 2.47. The highest BCUT2D eigenvalue weighted by molar-refractivity contribution is 5.14. The predicted octanol–water partition coefficient (Wildman–Crippen LogP) is 2.94. The topological polar surface area (TPSA) is 15.3 Å². The van der Waals surface area contributed by atoms with Gasteiger partial charge in [0.1, 0.15) is 0 Å². The fourth-order valence-electron chi connectivity index (χ4n) is 3.19.